The molecule has 196 valence electrons. The van der Waals surface area contributed by atoms with Gasteiger partial charge in [-0.15, -0.1) is 11.8 Å². The van der Waals surface area contributed by atoms with Gasteiger partial charge in [-0.05, 0) is 54.6 Å². The summed E-state index contributed by atoms with van der Waals surface area (Å²) in [5.41, 5.74) is 0.775. The zero-order chi connectivity index (χ0) is 27.6. The lowest BCUT2D eigenvalue weighted by Crippen LogP contribution is -2.30. The number of hydrogen-bond donors (Lipinski definition) is 3. The molecule has 0 aliphatic heterocycles. The van der Waals surface area contributed by atoms with E-state index in [1.807, 2.05) is 0 Å². The Labute approximate surface area is 233 Å². The minimum atomic E-state index is -0.642. The van der Waals surface area contributed by atoms with Crippen molar-refractivity contribution in [3.63, 3.8) is 0 Å². The minimum Gasteiger partial charge on any atom is -0.321 e. The summed E-state index contributed by atoms with van der Waals surface area (Å²) in [6.07, 6.45) is 2.72. The monoisotopic (exact) mass is 560 g/mol. The third kappa shape index (κ3) is 8.26. The Morgan fingerprint density at radius 3 is 2.41 bits per heavy atom. The summed E-state index contributed by atoms with van der Waals surface area (Å²) in [5, 5.41) is 8.46. The van der Waals surface area contributed by atoms with Gasteiger partial charge in [-0.25, -0.2) is 9.37 Å². The fourth-order valence-electron chi connectivity index (χ4n) is 3.33. The number of anilines is 2. The van der Waals surface area contributed by atoms with Crippen molar-refractivity contribution in [2.45, 2.75) is 4.90 Å². The van der Waals surface area contributed by atoms with Gasteiger partial charge >= 0.3 is 0 Å². The topological polar surface area (TPSA) is 100 Å². The summed E-state index contributed by atoms with van der Waals surface area (Å²) in [4.78, 5) is 43.0. The van der Waals surface area contributed by atoms with Crippen molar-refractivity contribution in [2.24, 2.45) is 0 Å². The van der Waals surface area contributed by atoms with E-state index in [4.69, 9.17) is 11.6 Å². The molecule has 0 fully saturated rings. The Bertz CT molecular complexity index is 1510. The van der Waals surface area contributed by atoms with Crippen LogP contribution in [0.5, 0.6) is 0 Å². The van der Waals surface area contributed by atoms with Gasteiger partial charge < -0.3 is 16.0 Å². The molecular weight excluding hydrogens is 539 g/mol. The second-order valence-electron chi connectivity index (χ2n) is 8.08. The highest BCUT2D eigenvalue weighted by atomic mass is 35.5. The second-order valence-corrected chi connectivity index (χ2v) is 9.57. The maximum atomic E-state index is 14.3. The quantitative estimate of drug-likeness (QED) is 0.172. The van der Waals surface area contributed by atoms with Crippen LogP contribution < -0.4 is 16.0 Å². The van der Waals surface area contributed by atoms with Crippen molar-refractivity contribution in [3.8, 4) is 0 Å². The van der Waals surface area contributed by atoms with Crippen molar-refractivity contribution in [3.05, 3.63) is 125 Å². The average Bonchev–Trinajstić information content (AvgIpc) is 2.94. The first-order chi connectivity index (χ1) is 18.9. The summed E-state index contributed by atoms with van der Waals surface area (Å²) in [7, 11) is 0. The van der Waals surface area contributed by atoms with Gasteiger partial charge in [0.1, 0.15) is 17.3 Å². The van der Waals surface area contributed by atoms with Gasteiger partial charge in [0, 0.05) is 27.9 Å². The lowest BCUT2D eigenvalue weighted by Gasteiger charge is -2.12. The van der Waals surface area contributed by atoms with Gasteiger partial charge in [-0.3, -0.25) is 14.4 Å². The first-order valence-corrected chi connectivity index (χ1v) is 13.0. The molecule has 0 saturated heterocycles. The van der Waals surface area contributed by atoms with E-state index in [0.717, 1.165) is 4.90 Å². The van der Waals surface area contributed by atoms with Crippen LogP contribution in [0.15, 0.2) is 108 Å². The van der Waals surface area contributed by atoms with Crippen LogP contribution in [-0.2, 0) is 9.59 Å². The van der Waals surface area contributed by atoms with Crippen LogP contribution >= 0.6 is 23.4 Å². The molecule has 0 atom stereocenters. The summed E-state index contributed by atoms with van der Waals surface area (Å²) >= 11 is 7.07. The van der Waals surface area contributed by atoms with Gasteiger partial charge in [-0.2, -0.15) is 0 Å². The van der Waals surface area contributed by atoms with Gasteiger partial charge in [0.15, 0.2) is 0 Å². The van der Waals surface area contributed by atoms with E-state index < -0.39 is 17.6 Å². The van der Waals surface area contributed by atoms with Crippen LogP contribution in [0.4, 0.5) is 15.9 Å². The van der Waals surface area contributed by atoms with E-state index in [1.54, 1.807) is 72.8 Å². The summed E-state index contributed by atoms with van der Waals surface area (Å²) < 4.78 is 14.3. The van der Waals surface area contributed by atoms with Crippen molar-refractivity contribution in [1.29, 1.82) is 0 Å². The SMILES string of the molecule is O=C(CSc1cccc(NC(=O)/C(=C/c2ccccc2F)NC(=O)c2ccccc2)c1)Nc1ccc(Cl)cn1. The molecule has 3 aromatic carbocycles. The molecule has 1 aromatic heterocycles. The van der Waals surface area contributed by atoms with Gasteiger partial charge in [-0.1, -0.05) is 54.1 Å². The number of aromatic nitrogens is 1. The number of nitrogens with zero attached hydrogens (tertiary/aromatic N) is 1. The number of amides is 3. The first-order valence-electron chi connectivity index (χ1n) is 11.7. The van der Waals surface area contributed by atoms with Gasteiger partial charge in [0.05, 0.1) is 10.8 Å². The Morgan fingerprint density at radius 1 is 0.897 bits per heavy atom. The molecule has 3 N–H and O–H groups in total. The lowest BCUT2D eigenvalue weighted by molar-refractivity contribution is -0.114. The van der Waals surface area contributed by atoms with Gasteiger partial charge in [0.2, 0.25) is 5.91 Å². The van der Waals surface area contributed by atoms with Crippen LogP contribution in [0.2, 0.25) is 5.02 Å². The maximum absolute atomic E-state index is 14.3. The third-order valence-corrected chi connectivity index (χ3v) is 6.41. The molecule has 4 rings (SSSR count). The van der Waals surface area contributed by atoms with Crippen LogP contribution in [0, 0.1) is 5.82 Å². The third-order valence-electron chi connectivity index (χ3n) is 5.19. The van der Waals surface area contributed by atoms with Crippen LogP contribution in [0.1, 0.15) is 15.9 Å². The molecule has 10 heteroatoms. The number of carbonyl (C=O) groups excluding carboxylic acids is 3. The average molecular weight is 561 g/mol. The highest BCUT2D eigenvalue weighted by Crippen LogP contribution is 2.23. The number of thioether (sulfide) groups is 1. The molecule has 0 bridgehead atoms. The standard InChI is InChI=1S/C29H22ClFN4O3S/c30-21-13-14-26(32-17-21)35-27(36)18-39-23-11-6-10-22(16-23)33-29(38)25(15-20-9-4-5-12-24(20)31)34-28(37)19-7-2-1-3-8-19/h1-17H,18H2,(H,33,38)(H,34,37)(H,32,35,36)/b25-15-. The van der Waals surface area contributed by atoms with E-state index >= 15 is 0 Å². The fraction of sp³-hybridized carbons (Fsp3) is 0.0345. The van der Waals surface area contributed by atoms with Crippen molar-refractivity contribution >= 4 is 58.7 Å². The van der Waals surface area contributed by atoms with Crippen molar-refractivity contribution in [2.75, 3.05) is 16.4 Å². The number of halogens is 2. The zero-order valence-corrected chi connectivity index (χ0v) is 21.9. The molecule has 0 radical (unpaired) electrons. The molecule has 0 unspecified atom stereocenters. The molecule has 7 nitrogen and oxygen atoms in total. The predicted octanol–water partition coefficient (Wildman–Crippen LogP) is 6.01. The van der Waals surface area contributed by atoms with E-state index in [2.05, 4.69) is 20.9 Å². The summed E-state index contributed by atoms with van der Waals surface area (Å²) in [5.74, 6) is -1.47. The molecule has 0 aliphatic carbocycles. The molecule has 39 heavy (non-hydrogen) atoms. The molecule has 0 saturated carbocycles. The number of nitrogens with one attached hydrogen (secondary N) is 3. The molecule has 3 amide bonds. The van der Waals surface area contributed by atoms with E-state index in [-0.39, 0.29) is 22.9 Å². The Kier molecular flexibility index (Phi) is 9.44. The van der Waals surface area contributed by atoms with Crippen LogP contribution in [-0.4, -0.2) is 28.5 Å². The normalized spacial score (nSPS) is 11.0. The molecule has 0 aliphatic rings. The zero-order valence-electron chi connectivity index (χ0n) is 20.4. The van der Waals surface area contributed by atoms with Crippen molar-refractivity contribution < 1.29 is 18.8 Å². The largest absolute Gasteiger partial charge is 0.321 e. The van der Waals surface area contributed by atoms with Crippen LogP contribution in [0.25, 0.3) is 6.08 Å². The van der Waals surface area contributed by atoms with E-state index in [1.165, 1.54) is 42.2 Å². The van der Waals surface area contributed by atoms with E-state index in [0.29, 0.717) is 22.1 Å². The Hall–Kier alpha value is -4.47. The number of hydrogen-bond acceptors (Lipinski definition) is 5. The number of carbonyl (C=O) groups is 3. The fourth-order valence-corrected chi connectivity index (χ4v) is 4.20. The highest BCUT2D eigenvalue weighted by molar-refractivity contribution is 8.00. The van der Waals surface area contributed by atoms with E-state index in [9.17, 15) is 18.8 Å². The molecule has 4 aromatic rings. The number of pyridine rings is 1. The molecule has 1 heterocycles. The summed E-state index contributed by atoms with van der Waals surface area (Å²) in [6.45, 7) is 0. The molecule has 0 spiro atoms. The lowest BCUT2D eigenvalue weighted by atomic mass is 10.1. The minimum absolute atomic E-state index is 0.104. The van der Waals surface area contributed by atoms with Crippen LogP contribution in [0.3, 0.4) is 0 Å². The number of rotatable bonds is 9. The summed E-state index contributed by atoms with van der Waals surface area (Å²) in [6, 6.07) is 24.4. The molecular formula is C29H22ClFN4O3S. The first kappa shape index (κ1) is 27.6. The highest BCUT2D eigenvalue weighted by Gasteiger charge is 2.16. The second kappa shape index (κ2) is 13.4. The predicted molar refractivity (Wildman–Crippen MR) is 152 cm³/mol. The maximum Gasteiger partial charge on any atom is 0.272 e. The van der Waals surface area contributed by atoms with Crippen molar-refractivity contribution in [1.82, 2.24) is 10.3 Å². The van der Waals surface area contributed by atoms with Gasteiger partial charge in [0.25, 0.3) is 11.8 Å². The number of benzene rings is 3. The Balaban J connectivity index is 1.45. The smallest absolute Gasteiger partial charge is 0.272 e. The Morgan fingerprint density at radius 2 is 1.67 bits per heavy atom.